The summed E-state index contributed by atoms with van der Waals surface area (Å²) in [5.74, 6) is 0. The number of dihydropyridines is 1. The van der Waals surface area contributed by atoms with Crippen LogP contribution in [0.15, 0.2) is 48.7 Å². The Morgan fingerprint density at radius 1 is 1.08 bits per heavy atom. The van der Waals surface area contributed by atoms with Crippen LogP contribution in [0, 0.1) is 0 Å². The monoisotopic (exact) mass is 168 g/mol. The molecule has 1 aliphatic rings. The Labute approximate surface area is 77.4 Å². The largest absolute Gasteiger partial charge is 0.350 e. The maximum absolute atomic E-state index is 5.83. The first kappa shape index (κ1) is 7.78. The third-order valence-corrected chi connectivity index (χ3v) is 1.96. The normalized spacial score (nSPS) is 18.4. The second-order valence-corrected chi connectivity index (χ2v) is 2.86. The van der Waals surface area contributed by atoms with Crippen molar-refractivity contribution in [1.82, 2.24) is 5.32 Å². The molecule has 0 aliphatic carbocycles. The predicted octanol–water partition coefficient (Wildman–Crippen LogP) is 0.755. The van der Waals surface area contributed by atoms with Gasteiger partial charge in [0.25, 0.3) is 0 Å². The van der Waals surface area contributed by atoms with Crippen LogP contribution in [0.3, 0.4) is 0 Å². The second kappa shape index (κ2) is 3.26. The molecule has 1 aromatic rings. The van der Waals surface area contributed by atoms with Crippen LogP contribution in [0.25, 0.3) is 12.3 Å². The van der Waals surface area contributed by atoms with Gasteiger partial charge in [-0.25, -0.2) is 0 Å². The van der Waals surface area contributed by atoms with Gasteiger partial charge in [0, 0.05) is 18.8 Å². The Hall–Kier alpha value is -1.85. The zero-order chi connectivity index (χ0) is 9.10. The predicted molar refractivity (Wildman–Crippen MR) is 55.0 cm³/mol. The zero-order valence-electron chi connectivity index (χ0n) is 7.20. The molecule has 62 valence electrons. The molecule has 0 saturated carbocycles. The maximum atomic E-state index is 5.83. The lowest BCUT2D eigenvalue weighted by Gasteiger charge is -2.01. The first-order valence-electron chi connectivity index (χ1n) is 4.19. The first-order valence-corrected chi connectivity index (χ1v) is 4.19. The van der Waals surface area contributed by atoms with Crippen molar-refractivity contribution < 1.29 is 0 Å². The fourth-order valence-corrected chi connectivity index (χ4v) is 1.30. The molecule has 0 amide bonds. The molecule has 1 heterocycles. The van der Waals surface area contributed by atoms with Gasteiger partial charge in [0.05, 0.1) is 6.07 Å². The summed E-state index contributed by atoms with van der Waals surface area (Å²) in [6.45, 7) is 5.83. The molecular weight excluding hydrogens is 158 g/mol. The molecule has 1 aliphatic heterocycles. The molecule has 0 saturated heterocycles. The molecule has 0 bridgehead atoms. The van der Waals surface area contributed by atoms with Gasteiger partial charge in [0.2, 0.25) is 0 Å². The Kier molecular flexibility index (Phi) is 1.95. The van der Waals surface area contributed by atoms with Crippen molar-refractivity contribution >= 4 is 12.3 Å². The van der Waals surface area contributed by atoms with Gasteiger partial charge in [0.1, 0.15) is 10.9 Å². The van der Waals surface area contributed by atoms with Gasteiger partial charge in [-0.2, -0.15) is 0 Å². The van der Waals surface area contributed by atoms with Crippen LogP contribution in [0.2, 0.25) is 0 Å². The molecule has 0 atom stereocenters. The fraction of sp³-hybridized carbons (Fsp3) is 0. The Balaban J connectivity index is 2.68. The van der Waals surface area contributed by atoms with E-state index in [9.17, 15) is 0 Å². The molecule has 1 nitrogen and oxygen atoms in total. The standard InChI is InChI=1S/C12H10N/c1-10-6-2-3-7-11(10)12-8-4-5-9-13-12/h1-9,13H/q+1. The van der Waals surface area contributed by atoms with Crippen LogP contribution >= 0.6 is 0 Å². The Bertz CT molecular complexity index is 466. The van der Waals surface area contributed by atoms with E-state index in [0.29, 0.717) is 0 Å². The number of hydrogen-bond acceptors (Lipinski definition) is 1. The van der Waals surface area contributed by atoms with Gasteiger partial charge >= 0.3 is 0 Å². The molecule has 0 spiro atoms. The lowest BCUT2D eigenvalue weighted by atomic mass is 10.2. The van der Waals surface area contributed by atoms with Crippen molar-refractivity contribution in [1.29, 1.82) is 0 Å². The molecule has 0 radical (unpaired) electrons. The summed E-state index contributed by atoms with van der Waals surface area (Å²) in [6.07, 6.45) is 7.83. The zero-order valence-corrected chi connectivity index (χ0v) is 7.20. The van der Waals surface area contributed by atoms with E-state index in [-0.39, 0.29) is 0 Å². The number of benzene rings is 1. The van der Waals surface area contributed by atoms with Gasteiger partial charge in [-0.15, -0.1) is 0 Å². The summed E-state index contributed by atoms with van der Waals surface area (Å²) in [4.78, 5) is 0. The molecule has 0 aromatic heterocycles. The summed E-state index contributed by atoms with van der Waals surface area (Å²) in [5, 5.41) is 4.99. The third kappa shape index (κ3) is 1.51. The number of rotatable bonds is 0. The number of allylic oxidation sites excluding steroid dienone is 2. The highest BCUT2D eigenvalue weighted by Crippen LogP contribution is 1.95. The smallest absolute Gasteiger partial charge is 0.190 e. The minimum Gasteiger partial charge on any atom is -0.350 e. The van der Waals surface area contributed by atoms with Crippen LogP contribution in [0.4, 0.5) is 0 Å². The highest BCUT2D eigenvalue weighted by atomic mass is 14.8. The van der Waals surface area contributed by atoms with Crippen molar-refractivity contribution in [3.63, 3.8) is 0 Å². The fourth-order valence-electron chi connectivity index (χ4n) is 1.30. The quantitative estimate of drug-likeness (QED) is 0.564. The third-order valence-electron chi connectivity index (χ3n) is 1.96. The molecular formula is C12H10N+. The maximum Gasteiger partial charge on any atom is 0.190 e. The highest BCUT2D eigenvalue weighted by Gasteiger charge is 2.00. The molecule has 13 heavy (non-hydrogen) atoms. The lowest BCUT2D eigenvalue weighted by molar-refractivity contribution is 1.19. The van der Waals surface area contributed by atoms with E-state index in [4.69, 9.17) is 6.58 Å². The number of nitrogens with one attached hydrogen (secondary N) is 1. The highest BCUT2D eigenvalue weighted by molar-refractivity contribution is 5.58. The van der Waals surface area contributed by atoms with Gasteiger partial charge < -0.3 is 5.32 Å². The van der Waals surface area contributed by atoms with Gasteiger partial charge in [-0.05, 0) is 24.3 Å². The Morgan fingerprint density at radius 2 is 1.92 bits per heavy atom. The van der Waals surface area contributed by atoms with E-state index in [1.807, 2.05) is 48.7 Å². The van der Waals surface area contributed by atoms with E-state index in [2.05, 4.69) is 5.32 Å². The molecule has 1 aromatic carbocycles. The summed E-state index contributed by atoms with van der Waals surface area (Å²) < 4.78 is 0. The average Bonchev–Trinajstić information content (AvgIpc) is 2.20. The minimum absolute atomic E-state index is 0.796. The van der Waals surface area contributed by atoms with Crippen molar-refractivity contribution in [2.45, 2.75) is 0 Å². The van der Waals surface area contributed by atoms with Crippen molar-refractivity contribution in [2.24, 2.45) is 0 Å². The second-order valence-electron chi connectivity index (χ2n) is 2.86. The topological polar surface area (TPSA) is 12.0 Å². The summed E-state index contributed by atoms with van der Waals surface area (Å²) in [6, 6.07) is 7.81. The van der Waals surface area contributed by atoms with E-state index in [1.165, 1.54) is 0 Å². The van der Waals surface area contributed by atoms with Gasteiger partial charge in [-0.1, -0.05) is 6.08 Å². The lowest BCUT2D eigenvalue weighted by Crippen LogP contribution is -2.28. The summed E-state index contributed by atoms with van der Waals surface area (Å²) in [5.41, 5.74) is 1.04. The molecule has 2 rings (SSSR count). The van der Waals surface area contributed by atoms with Crippen molar-refractivity contribution in [3.8, 4) is 0 Å². The Morgan fingerprint density at radius 3 is 2.62 bits per heavy atom. The van der Waals surface area contributed by atoms with E-state index in [1.54, 1.807) is 0 Å². The van der Waals surface area contributed by atoms with E-state index in [0.717, 1.165) is 16.1 Å². The van der Waals surface area contributed by atoms with Crippen LogP contribution in [0.1, 0.15) is 0 Å². The molecule has 1 N–H and O–H groups in total. The SMILES string of the molecule is [CH+]=c1ccccc1=C1C=CC=CN1. The molecule has 0 fully saturated rings. The van der Waals surface area contributed by atoms with Crippen molar-refractivity contribution in [3.05, 3.63) is 59.1 Å². The van der Waals surface area contributed by atoms with Gasteiger partial charge in [0.15, 0.2) is 5.22 Å². The minimum atomic E-state index is 0.796. The van der Waals surface area contributed by atoms with Crippen LogP contribution in [-0.2, 0) is 0 Å². The summed E-state index contributed by atoms with van der Waals surface area (Å²) in [7, 11) is 0. The van der Waals surface area contributed by atoms with Crippen LogP contribution < -0.4 is 15.8 Å². The van der Waals surface area contributed by atoms with E-state index < -0.39 is 0 Å². The van der Waals surface area contributed by atoms with Gasteiger partial charge in [-0.3, -0.25) is 0 Å². The van der Waals surface area contributed by atoms with Crippen LogP contribution in [-0.4, -0.2) is 0 Å². The first-order chi connectivity index (χ1) is 6.38. The van der Waals surface area contributed by atoms with E-state index >= 15 is 0 Å². The number of hydrogen-bond donors (Lipinski definition) is 1. The molecule has 0 unspecified atom stereocenters. The summed E-state index contributed by atoms with van der Waals surface area (Å²) >= 11 is 0. The molecule has 1 heteroatoms. The van der Waals surface area contributed by atoms with Crippen LogP contribution in [0.5, 0.6) is 0 Å². The van der Waals surface area contributed by atoms with Crippen molar-refractivity contribution in [2.75, 3.05) is 0 Å². The average molecular weight is 168 g/mol.